The van der Waals surface area contributed by atoms with Gasteiger partial charge in [0.05, 0.1) is 25.5 Å². The Bertz CT molecular complexity index is 1660. The Hall–Kier alpha value is -4.40. The first-order valence-corrected chi connectivity index (χ1v) is 18.5. The Morgan fingerprint density at radius 2 is 1.43 bits per heavy atom. The zero-order chi connectivity index (χ0) is 35.7. The molecular weight excluding hydrogens is 677 g/mol. The highest BCUT2D eigenvalue weighted by molar-refractivity contribution is 7.99. The van der Waals surface area contributed by atoms with Crippen LogP contribution in [0.15, 0.2) is 85.2 Å². The number of hydrogen-bond donors (Lipinski definition) is 0. The number of urea groups is 1. The third kappa shape index (κ3) is 9.48. The molecule has 3 unspecified atom stereocenters. The number of thioether (sulfide) groups is 1. The molecule has 3 aliphatic heterocycles. The van der Waals surface area contributed by atoms with Crippen molar-refractivity contribution >= 4 is 34.9 Å². The first-order chi connectivity index (χ1) is 24.8. The van der Waals surface area contributed by atoms with Crippen molar-refractivity contribution in [3.63, 3.8) is 0 Å². The molecule has 0 aliphatic carbocycles. The lowest BCUT2D eigenvalue weighted by atomic mass is 10.1. The maximum Gasteiger partial charge on any atom is 0.324 e. The van der Waals surface area contributed by atoms with Gasteiger partial charge in [0.2, 0.25) is 0 Å². The van der Waals surface area contributed by atoms with Crippen LogP contribution in [0.4, 0.5) is 30.6 Å². The molecule has 3 aromatic carbocycles. The van der Waals surface area contributed by atoms with Crippen molar-refractivity contribution < 1.29 is 27.8 Å². The molecule has 2 amide bonds. The fourth-order valence-electron chi connectivity index (χ4n) is 6.35. The molecule has 4 heterocycles. The highest BCUT2D eigenvalue weighted by atomic mass is 32.2. The summed E-state index contributed by atoms with van der Waals surface area (Å²) < 4.78 is 42.0. The zero-order valence-electron chi connectivity index (χ0n) is 29.2. The van der Waals surface area contributed by atoms with Crippen LogP contribution in [0, 0.1) is 17.6 Å². The molecule has 0 N–H and O–H groups in total. The molecule has 51 heavy (non-hydrogen) atoms. The SMILES string of the molecule is CSC1OC(COc2ccc(N3CCN(c4ccc(N5CCN(C(C)C)C5=O)cc4)CC3)cc2)OCC1Cn1nccn1.Fc1cccc(F)c1. The highest BCUT2D eigenvalue weighted by Gasteiger charge is 2.33. The lowest BCUT2D eigenvalue weighted by Crippen LogP contribution is -2.46. The van der Waals surface area contributed by atoms with Gasteiger partial charge in [-0.05, 0) is 80.8 Å². The van der Waals surface area contributed by atoms with E-state index in [2.05, 4.69) is 70.2 Å². The molecule has 0 bridgehead atoms. The van der Waals surface area contributed by atoms with E-state index in [4.69, 9.17) is 14.2 Å². The molecular formula is C37H45F2N7O4S. The molecule has 0 radical (unpaired) electrons. The first-order valence-electron chi connectivity index (χ1n) is 17.2. The summed E-state index contributed by atoms with van der Waals surface area (Å²) in [5.74, 6) is -0.101. The molecule has 3 saturated heterocycles. The van der Waals surface area contributed by atoms with Gasteiger partial charge in [0.25, 0.3) is 0 Å². The van der Waals surface area contributed by atoms with Crippen molar-refractivity contribution in [3.8, 4) is 5.75 Å². The summed E-state index contributed by atoms with van der Waals surface area (Å²) in [6, 6.07) is 21.6. The van der Waals surface area contributed by atoms with Crippen LogP contribution >= 0.6 is 11.8 Å². The van der Waals surface area contributed by atoms with Gasteiger partial charge in [-0.15, -0.1) is 11.8 Å². The lowest BCUT2D eigenvalue weighted by molar-refractivity contribution is -0.224. The number of nitrogens with zero attached hydrogens (tertiary/aromatic N) is 7. The summed E-state index contributed by atoms with van der Waals surface area (Å²) in [5, 5.41) is 8.40. The van der Waals surface area contributed by atoms with Crippen LogP contribution in [0.3, 0.4) is 0 Å². The molecule has 7 rings (SSSR count). The molecule has 0 spiro atoms. The molecule has 0 saturated carbocycles. The second-order valence-electron chi connectivity index (χ2n) is 12.8. The Balaban J connectivity index is 0.000000495. The van der Waals surface area contributed by atoms with Gasteiger partial charge in [-0.3, -0.25) is 4.90 Å². The van der Waals surface area contributed by atoms with Crippen LogP contribution in [0.25, 0.3) is 0 Å². The summed E-state index contributed by atoms with van der Waals surface area (Å²) in [4.78, 5) is 23.0. The minimum absolute atomic E-state index is 0.00252. The van der Waals surface area contributed by atoms with Crippen molar-refractivity contribution in [2.75, 3.05) is 73.4 Å². The van der Waals surface area contributed by atoms with Gasteiger partial charge in [0.1, 0.15) is 29.4 Å². The number of aromatic nitrogens is 3. The van der Waals surface area contributed by atoms with Gasteiger partial charge in [0, 0.05) is 74.4 Å². The van der Waals surface area contributed by atoms with Gasteiger partial charge in [-0.1, -0.05) is 6.07 Å². The number of benzene rings is 3. The van der Waals surface area contributed by atoms with Crippen LogP contribution in [-0.2, 0) is 16.0 Å². The van der Waals surface area contributed by atoms with E-state index >= 15 is 0 Å². The van der Waals surface area contributed by atoms with E-state index in [1.54, 1.807) is 29.0 Å². The third-order valence-electron chi connectivity index (χ3n) is 9.11. The van der Waals surface area contributed by atoms with Gasteiger partial charge < -0.3 is 28.9 Å². The van der Waals surface area contributed by atoms with E-state index in [0.29, 0.717) is 19.8 Å². The Labute approximate surface area is 302 Å². The Kier molecular flexibility index (Phi) is 12.3. The van der Waals surface area contributed by atoms with E-state index in [9.17, 15) is 13.6 Å². The van der Waals surface area contributed by atoms with Gasteiger partial charge in [-0.25, -0.2) is 13.6 Å². The van der Waals surface area contributed by atoms with Crippen LogP contribution in [0.2, 0.25) is 0 Å². The number of rotatable bonds is 10. The normalized spacial score (nSPS) is 20.8. The van der Waals surface area contributed by atoms with Gasteiger partial charge in [-0.2, -0.15) is 15.0 Å². The Morgan fingerprint density at radius 1 is 0.843 bits per heavy atom. The predicted octanol–water partition coefficient (Wildman–Crippen LogP) is 5.98. The van der Waals surface area contributed by atoms with E-state index in [1.807, 2.05) is 28.2 Å². The fourth-order valence-corrected chi connectivity index (χ4v) is 7.13. The average molecular weight is 722 g/mol. The van der Waals surface area contributed by atoms with E-state index in [0.717, 1.165) is 56.8 Å². The molecule has 3 fully saturated rings. The van der Waals surface area contributed by atoms with Crippen molar-refractivity contribution in [2.24, 2.45) is 5.92 Å². The van der Waals surface area contributed by atoms with E-state index in [1.165, 1.54) is 29.6 Å². The Morgan fingerprint density at radius 3 is 1.96 bits per heavy atom. The topological polar surface area (TPSA) is 88.4 Å². The molecule has 272 valence electrons. The van der Waals surface area contributed by atoms with Crippen LogP contribution in [0.1, 0.15) is 13.8 Å². The number of carbonyl (C=O) groups excluding carboxylic acids is 1. The minimum atomic E-state index is -0.537. The smallest absolute Gasteiger partial charge is 0.324 e. The maximum absolute atomic E-state index is 12.7. The number of halogens is 2. The molecule has 11 nitrogen and oxygen atoms in total. The second-order valence-corrected chi connectivity index (χ2v) is 13.7. The standard InChI is InChI=1S/C31H41N7O4S.C6H4F2/c1-23(2)36-18-19-37(31(36)39)27-6-4-25(5-7-27)34-14-16-35(17-15-34)26-8-10-28(11-9-26)40-22-29-41-21-24(30(42-29)43-3)20-38-32-12-13-33-38;7-5-2-1-3-6(8)4-5/h4-13,23-24,29-30H,14-22H2,1-3H3;1-4H. The minimum Gasteiger partial charge on any atom is -0.488 e. The molecule has 4 aromatic rings. The lowest BCUT2D eigenvalue weighted by Gasteiger charge is -2.37. The fraction of sp³-hybridized carbons (Fsp3) is 0.432. The highest BCUT2D eigenvalue weighted by Crippen LogP contribution is 2.29. The summed E-state index contributed by atoms with van der Waals surface area (Å²) >= 11 is 1.67. The summed E-state index contributed by atoms with van der Waals surface area (Å²) in [5.41, 5.74) is 3.35. The monoisotopic (exact) mass is 721 g/mol. The van der Waals surface area contributed by atoms with Crippen LogP contribution in [0.5, 0.6) is 5.75 Å². The maximum atomic E-state index is 12.7. The zero-order valence-corrected chi connectivity index (χ0v) is 30.0. The molecule has 3 atom stereocenters. The number of anilines is 3. The van der Waals surface area contributed by atoms with E-state index in [-0.39, 0.29) is 23.4 Å². The summed E-state index contributed by atoms with van der Waals surface area (Å²) in [7, 11) is 0. The van der Waals surface area contributed by atoms with Crippen LogP contribution in [-0.4, -0.2) is 102 Å². The van der Waals surface area contributed by atoms with Gasteiger partial charge in [0.15, 0.2) is 6.29 Å². The number of piperazine rings is 1. The van der Waals surface area contributed by atoms with Crippen molar-refractivity contribution in [1.29, 1.82) is 0 Å². The first kappa shape index (κ1) is 36.4. The molecule has 3 aliphatic rings. The molecule has 1 aromatic heterocycles. The number of carbonyl (C=O) groups is 1. The van der Waals surface area contributed by atoms with E-state index < -0.39 is 17.9 Å². The van der Waals surface area contributed by atoms with Crippen molar-refractivity contribution in [1.82, 2.24) is 19.9 Å². The quantitative estimate of drug-likeness (QED) is 0.197. The number of amides is 2. The summed E-state index contributed by atoms with van der Waals surface area (Å²) in [6.07, 6.45) is 5.00. The number of ether oxygens (including phenoxy) is 3. The third-order valence-corrected chi connectivity index (χ3v) is 10.1. The predicted molar refractivity (Wildman–Crippen MR) is 195 cm³/mol. The van der Waals surface area contributed by atoms with Gasteiger partial charge >= 0.3 is 6.03 Å². The summed E-state index contributed by atoms with van der Waals surface area (Å²) in [6.45, 7) is 11.0. The molecule has 14 heteroatoms. The van der Waals surface area contributed by atoms with Crippen molar-refractivity contribution in [3.05, 3.63) is 96.8 Å². The largest absolute Gasteiger partial charge is 0.488 e. The second kappa shape index (κ2) is 17.2. The van der Waals surface area contributed by atoms with Crippen molar-refractivity contribution in [2.45, 2.75) is 38.2 Å². The van der Waals surface area contributed by atoms with Crippen LogP contribution < -0.4 is 19.4 Å². The number of hydrogen-bond acceptors (Lipinski definition) is 9. The average Bonchev–Trinajstić information content (AvgIpc) is 3.81.